The molecule has 1 heterocycles. The molecule has 6 nitrogen and oxygen atoms in total. The topological polar surface area (TPSA) is 85.4 Å². The maximum absolute atomic E-state index is 11.8. The molecule has 0 aliphatic carbocycles. The third-order valence-corrected chi connectivity index (χ3v) is 2.93. The van der Waals surface area contributed by atoms with Gasteiger partial charge in [-0.15, -0.1) is 0 Å². The first kappa shape index (κ1) is 13.3. The molecule has 1 aromatic carbocycles. The van der Waals surface area contributed by atoms with Gasteiger partial charge in [-0.2, -0.15) is 0 Å². The minimum absolute atomic E-state index is 0.103. The molecule has 98 valence electrons. The summed E-state index contributed by atoms with van der Waals surface area (Å²) in [5, 5.41) is 13.1. The van der Waals surface area contributed by atoms with Crippen molar-refractivity contribution >= 4 is 33.4 Å². The van der Waals surface area contributed by atoms with Gasteiger partial charge in [-0.3, -0.25) is 14.9 Å². The van der Waals surface area contributed by atoms with Crippen LogP contribution in [0.3, 0.4) is 0 Å². The second-order valence-corrected chi connectivity index (χ2v) is 4.72. The molecular weight excluding hydrogens is 316 g/mol. The Balaban J connectivity index is 2.18. The van der Waals surface area contributed by atoms with E-state index in [1.54, 1.807) is 12.1 Å². The lowest BCUT2D eigenvalue weighted by molar-refractivity contribution is -0.402. The van der Waals surface area contributed by atoms with Crippen molar-refractivity contribution in [1.82, 2.24) is 0 Å². The average Bonchev–Trinajstić information content (AvgIpc) is 2.82. The van der Waals surface area contributed by atoms with E-state index in [0.29, 0.717) is 5.69 Å². The van der Waals surface area contributed by atoms with Crippen molar-refractivity contribution in [3.05, 3.63) is 56.2 Å². The number of amides is 1. The number of nitrogens with one attached hydrogen (secondary N) is 1. The highest BCUT2D eigenvalue weighted by molar-refractivity contribution is 9.10. The van der Waals surface area contributed by atoms with Gasteiger partial charge in [0.25, 0.3) is 5.91 Å². The first-order valence-corrected chi connectivity index (χ1v) is 6.08. The lowest BCUT2D eigenvalue weighted by Crippen LogP contribution is -2.11. The molecule has 0 atom stereocenters. The summed E-state index contributed by atoms with van der Waals surface area (Å²) in [5.74, 6) is -1.09. The number of nitro groups is 1. The highest BCUT2D eigenvalue weighted by Crippen LogP contribution is 2.22. The van der Waals surface area contributed by atoms with Crippen LogP contribution in [0.4, 0.5) is 11.6 Å². The molecule has 1 N–H and O–H groups in total. The number of carbonyl (C=O) groups is 1. The molecule has 7 heteroatoms. The molecule has 0 aliphatic heterocycles. The number of benzene rings is 1. The summed E-state index contributed by atoms with van der Waals surface area (Å²) in [7, 11) is 0. The number of furan rings is 1. The first-order valence-electron chi connectivity index (χ1n) is 5.29. The number of hydrogen-bond acceptors (Lipinski definition) is 4. The summed E-state index contributed by atoms with van der Waals surface area (Å²) < 4.78 is 5.72. The number of rotatable bonds is 3. The second kappa shape index (κ2) is 5.23. The Morgan fingerprint density at radius 2 is 2.11 bits per heavy atom. The lowest BCUT2D eigenvalue weighted by Gasteiger charge is -2.06. The molecule has 0 radical (unpaired) electrons. The first-order chi connectivity index (χ1) is 8.97. The zero-order valence-corrected chi connectivity index (χ0v) is 11.4. The van der Waals surface area contributed by atoms with Crippen LogP contribution in [0.25, 0.3) is 0 Å². The van der Waals surface area contributed by atoms with Crippen molar-refractivity contribution in [2.45, 2.75) is 6.92 Å². The maximum atomic E-state index is 11.8. The Labute approximate surface area is 116 Å². The zero-order chi connectivity index (χ0) is 14.0. The summed E-state index contributed by atoms with van der Waals surface area (Å²) in [6, 6.07) is 7.77. The highest BCUT2D eigenvalue weighted by Gasteiger charge is 2.17. The molecule has 1 aromatic heterocycles. The van der Waals surface area contributed by atoms with Gasteiger partial charge in [0.05, 0.1) is 6.07 Å². The molecule has 0 bridgehead atoms. The number of anilines is 1. The fourth-order valence-corrected chi connectivity index (χ4v) is 1.97. The molecule has 2 aromatic rings. The quantitative estimate of drug-likeness (QED) is 0.691. The number of halogens is 1. The van der Waals surface area contributed by atoms with Crippen molar-refractivity contribution in [3.63, 3.8) is 0 Å². The molecule has 0 saturated carbocycles. The van der Waals surface area contributed by atoms with Crippen LogP contribution in [0.1, 0.15) is 16.1 Å². The minimum atomic E-state index is -0.693. The van der Waals surface area contributed by atoms with E-state index in [0.717, 1.165) is 16.1 Å². The summed E-state index contributed by atoms with van der Waals surface area (Å²) in [4.78, 5) is 21.6. The van der Waals surface area contributed by atoms with Crippen LogP contribution in [0.2, 0.25) is 0 Å². The fourth-order valence-electron chi connectivity index (χ4n) is 1.50. The number of aryl methyl sites for hydroxylation is 1. The van der Waals surface area contributed by atoms with Gasteiger partial charge in [-0.25, -0.2) is 0 Å². The molecule has 2 rings (SSSR count). The Bertz CT molecular complexity index is 651. The van der Waals surface area contributed by atoms with Crippen LogP contribution in [0.5, 0.6) is 0 Å². The van der Waals surface area contributed by atoms with E-state index in [2.05, 4.69) is 21.2 Å². The highest BCUT2D eigenvalue weighted by atomic mass is 79.9. The van der Waals surface area contributed by atoms with Gasteiger partial charge in [0.1, 0.15) is 4.92 Å². The smallest absolute Gasteiger partial charge is 0.395 e. The predicted octanol–water partition coefficient (Wildman–Crippen LogP) is 3.51. The Morgan fingerprint density at radius 1 is 1.37 bits per heavy atom. The Kier molecular flexibility index (Phi) is 3.66. The van der Waals surface area contributed by atoms with Gasteiger partial charge in [0.15, 0.2) is 5.76 Å². The Hall–Kier alpha value is -2.15. The number of carbonyl (C=O) groups excluding carboxylic acids is 1. The molecule has 0 fully saturated rings. The predicted molar refractivity (Wildman–Crippen MR) is 72.2 cm³/mol. The Morgan fingerprint density at radius 3 is 2.68 bits per heavy atom. The van der Waals surface area contributed by atoms with Gasteiger partial charge in [0.2, 0.25) is 0 Å². The number of nitrogens with zero attached hydrogens (tertiary/aromatic N) is 1. The summed E-state index contributed by atoms with van der Waals surface area (Å²) in [6.07, 6.45) is 0. The van der Waals surface area contributed by atoms with Crippen molar-refractivity contribution in [3.8, 4) is 0 Å². The van der Waals surface area contributed by atoms with E-state index in [4.69, 9.17) is 4.42 Å². The summed E-state index contributed by atoms with van der Waals surface area (Å²) in [5.41, 5.74) is 1.48. The molecule has 0 aliphatic rings. The van der Waals surface area contributed by atoms with E-state index in [9.17, 15) is 14.9 Å². The second-order valence-electron chi connectivity index (χ2n) is 3.81. The normalized spacial score (nSPS) is 10.2. The van der Waals surface area contributed by atoms with Crippen LogP contribution >= 0.6 is 15.9 Å². The van der Waals surface area contributed by atoms with E-state index >= 15 is 0 Å². The van der Waals surface area contributed by atoms with E-state index in [-0.39, 0.29) is 5.76 Å². The fraction of sp³-hybridized carbons (Fsp3) is 0.0833. The average molecular weight is 325 g/mol. The maximum Gasteiger partial charge on any atom is 0.433 e. The van der Waals surface area contributed by atoms with Gasteiger partial charge in [-0.1, -0.05) is 15.9 Å². The lowest BCUT2D eigenvalue weighted by atomic mass is 10.2. The van der Waals surface area contributed by atoms with Gasteiger partial charge >= 0.3 is 5.88 Å². The van der Waals surface area contributed by atoms with Crippen LogP contribution in [-0.4, -0.2) is 10.8 Å². The largest absolute Gasteiger partial charge is 0.433 e. The molecule has 0 unspecified atom stereocenters. The summed E-state index contributed by atoms with van der Waals surface area (Å²) >= 11 is 3.32. The number of hydrogen-bond donors (Lipinski definition) is 1. The molecule has 1 amide bonds. The SMILES string of the molecule is Cc1cc(Br)ccc1NC(=O)c1ccc([N+](=O)[O-])o1. The van der Waals surface area contributed by atoms with Gasteiger partial charge in [0, 0.05) is 10.2 Å². The van der Waals surface area contributed by atoms with Crippen molar-refractivity contribution in [1.29, 1.82) is 0 Å². The van der Waals surface area contributed by atoms with Crippen LogP contribution in [0.15, 0.2) is 39.2 Å². The van der Waals surface area contributed by atoms with Gasteiger partial charge in [-0.05, 0) is 36.8 Å². The monoisotopic (exact) mass is 324 g/mol. The van der Waals surface area contributed by atoms with E-state index in [1.165, 1.54) is 6.07 Å². The van der Waals surface area contributed by atoms with Crippen molar-refractivity contribution in [2.24, 2.45) is 0 Å². The zero-order valence-electron chi connectivity index (χ0n) is 9.84. The molecular formula is C12H9BrN2O4. The standard InChI is InChI=1S/C12H9BrN2O4/c1-7-6-8(13)2-3-9(7)14-12(16)10-4-5-11(19-10)15(17)18/h2-6H,1H3,(H,14,16). The van der Waals surface area contributed by atoms with E-state index in [1.807, 2.05) is 13.0 Å². The van der Waals surface area contributed by atoms with Crippen molar-refractivity contribution < 1.29 is 14.1 Å². The van der Waals surface area contributed by atoms with Gasteiger partial charge < -0.3 is 9.73 Å². The third kappa shape index (κ3) is 3.00. The minimum Gasteiger partial charge on any atom is -0.395 e. The third-order valence-electron chi connectivity index (χ3n) is 2.43. The molecule has 0 spiro atoms. The van der Waals surface area contributed by atoms with Crippen LogP contribution in [-0.2, 0) is 0 Å². The summed E-state index contributed by atoms with van der Waals surface area (Å²) in [6.45, 7) is 1.84. The van der Waals surface area contributed by atoms with E-state index < -0.39 is 16.7 Å². The molecule has 0 saturated heterocycles. The molecule has 19 heavy (non-hydrogen) atoms. The van der Waals surface area contributed by atoms with Crippen LogP contribution < -0.4 is 5.32 Å². The van der Waals surface area contributed by atoms with Crippen LogP contribution in [0, 0.1) is 17.0 Å². The van der Waals surface area contributed by atoms with Crippen molar-refractivity contribution in [2.75, 3.05) is 5.32 Å².